The predicted octanol–water partition coefficient (Wildman–Crippen LogP) is 6.73. The Morgan fingerprint density at radius 2 is 1.11 bits per heavy atom. The fourth-order valence-corrected chi connectivity index (χ4v) is 4.98. The van der Waals surface area contributed by atoms with Crippen LogP contribution in [0.5, 0.6) is 0 Å². The highest BCUT2D eigenvalue weighted by atomic mass is 32.1. The highest BCUT2D eigenvalue weighted by Crippen LogP contribution is 2.27. The van der Waals surface area contributed by atoms with Crippen molar-refractivity contribution in [1.82, 2.24) is 0 Å². The maximum atomic E-state index is 11.4. The SMILES string of the molecule is CC(=O)C(=Cc1csc2ccccc12)C(C)=O.CC(=O)CC(C)=O.O=Cc1csc2ccccc12. The molecule has 7 heteroatoms. The Balaban J connectivity index is 0.000000206. The summed E-state index contributed by atoms with van der Waals surface area (Å²) >= 11 is 3.22. The number of Topliss-reactive ketones (excluding diaryl/α,β-unsaturated/α-hetero) is 4. The van der Waals surface area contributed by atoms with Crippen molar-refractivity contribution >= 4 is 78.3 Å². The number of fused-ring (bicyclic) bond motifs is 2. The minimum Gasteiger partial charge on any atom is -0.300 e. The van der Waals surface area contributed by atoms with E-state index in [1.54, 1.807) is 28.7 Å². The van der Waals surface area contributed by atoms with Crippen molar-refractivity contribution in [2.24, 2.45) is 0 Å². The van der Waals surface area contributed by atoms with E-state index in [9.17, 15) is 24.0 Å². The Bertz CT molecular complexity index is 1380. The second kappa shape index (κ2) is 13.4. The number of aldehydes is 1. The van der Waals surface area contributed by atoms with Crippen LogP contribution in [0.15, 0.2) is 64.9 Å². The first-order valence-electron chi connectivity index (χ1n) is 10.7. The number of rotatable bonds is 6. The normalized spacial score (nSPS) is 9.83. The van der Waals surface area contributed by atoms with Crippen LogP contribution >= 0.6 is 22.7 Å². The lowest BCUT2D eigenvalue weighted by atomic mass is 10.0. The van der Waals surface area contributed by atoms with Gasteiger partial charge in [0.15, 0.2) is 17.9 Å². The van der Waals surface area contributed by atoms with Crippen LogP contribution in [0.3, 0.4) is 0 Å². The van der Waals surface area contributed by atoms with E-state index in [0.29, 0.717) is 0 Å². The molecule has 180 valence electrons. The molecular weight excluding hydrogens is 480 g/mol. The number of ketones is 4. The van der Waals surface area contributed by atoms with Gasteiger partial charge in [-0.1, -0.05) is 36.4 Å². The van der Waals surface area contributed by atoms with Gasteiger partial charge in [0.25, 0.3) is 0 Å². The van der Waals surface area contributed by atoms with Crippen LogP contribution in [0.4, 0.5) is 0 Å². The number of allylic oxidation sites excluding steroid dienone is 1. The van der Waals surface area contributed by atoms with Crippen molar-refractivity contribution in [3.63, 3.8) is 0 Å². The molecule has 4 rings (SSSR count). The minimum absolute atomic E-state index is 0.0625. The van der Waals surface area contributed by atoms with Gasteiger partial charge in [-0.05, 0) is 62.2 Å². The maximum Gasteiger partial charge on any atom is 0.163 e. The third kappa shape index (κ3) is 8.31. The summed E-state index contributed by atoms with van der Waals surface area (Å²) < 4.78 is 2.33. The topological polar surface area (TPSA) is 85.3 Å². The monoisotopic (exact) mass is 506 g/mol. The van der Waals surface area contributed by atoms with Gasteiger partial charge >= 0.3 is 0 Å². The molecule has 2 aromatic carbocycles. The molecule has 0 fully saturated rings. The van der Waals surface area contributed by atoms with Gasteiger partial charge in [-0.2, -0.15) is 0 Å². The first kappa shape index (κ1) is 27.7. The molecule has 2 heterocycles. The lowest BCUT2D eigenvalue weighted by molar-refractivity contribution is -0.125. The number of hydrogen-bond donors (Lipinski definition) is 0. The standard InChI is InChI=1S/C14H12O2S.C9H6OS.C5H8O2/c1-9(15)13(10(2)16)7-11-8-17-14-6-4-3-5-12(11)14;10-5-7-6-11-9-4-2-1-3-8(7)9;1-4(6)3-5(2)7/h3-8H,1-2H3;1-6H;3H2,1-2H3. The average Bonchev–Trinajstić information content (AvgIpc) is 3.41. The summed E-state index contributed by atoms with van der Waals surface area (Å²) in [4.78, 5) is 53.3. The molecule has 0 saturated heterocycles. The van der Waals surface area contributed by atoms with Crippen LogP contribution in [0, 0.1) is 0 Å². The Hall–Kier alpha value is -3.55. The number of benzene rings is 2. The van der Waals surface area contributed by atoms with Gasteiger partial charge in [-0.15, -0.1) is 22.7 Å². The zero-order chi connectivity index (χ0) is 26.0. The van der Waals surface area contributed by atoms with E-state index in [0.717, 1.165) is 32.9 Å². The van der Waals surface area contributed by atoms with Crippen molar-refractivity contribution in [3.8, 4) is 0 Å². The Labute approximate surface area is 212 Å². The summed E-state index contributed by atoms with van der Waals surface area (Å²) in [5, 5.41) is 6.00. The molecule has 0 aliphatic rings. The summed E-state index contributed by atoms with van der Waals surface area (Å²) in [5.74, 6) is -0.499. The summed E-state index contributed by atoms with van der Waals surface area (Å²) in [6.45, 7) is 5.65. The highest BCUT2D eigenvalue weighted by Gasteiger charge is 2.11. The van der Waals surface area contributed by atoms with Crippen LogP contribution in [0.2, 0.25) is 0 Å². The van der Waals surface area contributed by atoms with Crippen LogP contribution in [-0.2, 0) is 19.2 Å². The first-order chi connectivity index (χ1) is 16.6. The zero-order valence-corrected chi connectivity index (χ0v) is 21.6. The number of carbonyl (C=O) groups is 5. The molecule has 4 aromatic rings. The molecule has 0 saturated carbocycles. The Morgan fingerprint density at radius 3 is 1.51 bits per heavy atom. The van der Waals surface area contributed by atoms with Gasteiger partial charge in [0, 0.05) is 25.7 Å². The van der Waals surface area contributed by atoms with Gasteiger partial charge in [0.1, 0.15) is 11.6 Å². The van der Waals surface area contributed by atoms with Crippen molar-refractivity contribution < 1.29 is 24.0 Å². The third-order valence-corrected chi connectivity index (χ3v) is 6.67. The van der Waals surface area contributed by atoms with Gasteiger partial charge in [0.05, 0.1) is 12.0 Å². The molecule has 0 N–H and O–H groups in total. The van der Waals surface area contributed by atoms with Crippen LogP contribution < -0.4 is 0 Å². The van der Waals surface area contributed by atoms with Crippen molar-refractivity contribution in [1.29, 1.82) is 0 Å². The van der Waals surface area contributed by atoms with E-state index < -0.39 is 0 Å². The maximum absolute atomic E-state index is 11.4. The fraction of sp³-hybridized carbons (Fsp3) is 0.179. The lowest BCUT2D eigenvalue weighted by Crippen LogP contribution is -2.05. The van der Waals surface area contributed by atoms with Crippen LogP contribution in [-0.4, -0.2) is 29.4 Å². The van der Waals surface area contributed by atoms with E-state index in [-0.39, 0.29) is 35.1 Å². The van der Waals surface area contributed by atoms with E-state index in [2.05, 4.69) is 0 Å². The largest absolute Gasteiger partial charge is 0.300 e. The van der Waals surface area contributed by atoms with E-state index in [1.165, 1.54) is 32.4 Å². The molecule has 0 bridgehead atoms. The van der Waals surface area contributed by atoms with E-state index in [1.807, 2.05) is 59.3 Å². The zero-order valence-electron chi connectivity index (χ0n) is 20.0. The van der Waals surface area contributed by atoms with Gasteiger partial charge in [-0.3, -0.25) is 24.0 Å². The van der Waals surface area contributed by atoms with Gasteiger partial charge < -0.3 is 0 Å². The van der Waals surface area contributed by atoms with Crippen molar-refractivity contribution in [2.75, 3.05) is 0 Å². The summed E-state index contributed by atoms with van der Waals surface area (Å²) in [6, 6.07) is 15.9. The summed E-state index contributed by atoms with van der Waals surface area (Å²) in [7, 11) is 0. The molecule has 0 spiro atoms. The average molecular weight is 507 g/mol. The quantitative estimate of drug-likeness (QED) is 0.125. The Morgan fingerprint density at radius 1 is 0.686 bits per heavy atom. The molecular formula is C28H26O5S2. The van der Waals surface area contributed by atoms with Crippen molar-refractivity contribution in [3.05, 3.63) is 76.0 Å². The second-order valence-corrected chi connectivity index (χ2v) is 9.57. The first-order valence-corrected chi connectivity index (χ1v) is 12.5. The Kier molecular flexibility index (Phi) is 10.6. The molecule has 0 unspecified atom stereocenters. The van der Waals surface area contributed by atoms with Crippen LogP contribution in [0.25, 0.3) is 26.2 Å². The van der Waals surface area contributed by atoms with Crippen molar-refractivity contribution in [2.45, 2.75) is 34.1 Å². The molecule has 0 aliphatic carbocycles. The second-order valence-electron chi connectivity index (χ2n) is 7.74. The molecule has 0 radical (unpaired) electrons. The third-order valence-electron chi connectivity index (χ3n) is 4.71. The molecule has 0 atom stereocenters. The molecule has 5 nitrogen and oxygen atoms in total. The number of carbonyl (C=O) groups excluding carboxylic acids is 5. The van der Waals surface area contributed by atoms with Crippen LogP contribution in [0.1, 0.15) is 50.0 Å². The summed E-state index contributed by atoms with van der Waals surface area (Å²) in [6.07, 6.45) is 2.67. The number of hydrogen-bond acceptors (Lipinski definition) is 7. The van der Waals surface area contributed by atoms with E-state index in [4.69, 9.17) is 0 Å². The predicted molar refractivity (Wildman–Crippen MR) is 144 cm³/mol. The van der Waals surface area contributed by atoms with E-state index >= 15 is 0 Å². The minimum atomic E-state index is -0.187. The number of thiophene rings is 2. The van der Waals surface area contributed by atoms with Gasteiger partial charge in [-0.25, -0.2) is 0 Å². The summed E-state index contributed by atoms with van der Waals surface area (Å²) in [5.41, 5.74) is 1.99. The lowest BCUT2D eigenvalue weighted by Gasteiger charge is -1.97. The molecule has 35 heavy (non-hydrogen) atoms. The molecule has 0 amide bonds. The highest BCUT2D eigenvalue weighted by molar-refractivity contribution is 7.17. The van der Waals surface area contributed by atoms with Gasteiger partial charge in [0.2, 0.25) is 0 Å². The molecule has 2 aromatic heterocycles. The molecule has 0 aliphatic heterocycles. The fourth-order valence-electron chi connectivity index (χ4n) is 3.16. The smallest absolute Gasteiger partial charge is 0.163 e.